The van der Waals surface area contributed by atoms with E-state index in [2.05, 4.69) is 37.9 Å². The fourth-order valence-corrected chi connectivity index (χ4v) is 2.15. The van der Waals surface area contributed by atoms with Gasteiger partial charge in [0.2, 0.25) is 0 Å². The van der Waals surface area contributed by atoms with Gasteiger partial charge in [0.1, 0.15) is 17.7 Å². The minimum atomic E-state index is -0.383. The standard InChI is InChI=1S/C10H11FOS3/c11-5-3-10(15)7(4-9(5)14)12-6-1-2-8(6)13/h3-4,6,8,13-15H,1-2H2. The molecule has 1 nitrogen and oxygen atoms in total. The van der Waals surface area contributed by atoms with Crippen molar-refractivity contribution in [3.8, 4) is 5.75 Å². The van der Waals surface area contributed by atoms with Crippen LogP contribution in [0.3, 0.4) is 0 Å². The zero-order valence-electron chi connectivity index (χ0n) is 7.85. The number of thiol groups is 3. The number of halogens is 1. The summed E-state index contributed by atoms with van der Waals surface area (Å²) < 4.78 is 18.7. The number of ether oxygens (including phenoxy) is 1. The molecule has 82 valence electrons. The normalized spacial score (nSPS) is 24.8. The van der Waals surface area contributed by atoms with Crippen LogP contribution < -0.4 is 4.74 Å². The van der Waals surface area contributed by atoms with Crippen molar-refractivity contribution >= 4 is 37.9 Å². The van der Waals surface area contributed by atoms with Crippen LogP contribution in [0.4, 0.5) is 4.39 Å². The van der Waals surface area contributed by atoms with E-state index in [1.165, 1.54) is 6.07 Å². The van der Waals surface area contributed by atoms with Gasteiger partial charge in [-0.25, -0.2) is 4.39 Å². The zero-order valence-corrected chi connectivity index (χ0v) is 10.5. The van der Waals surface area contributed by atoms with E-state index in [0.717, 1.165) is 12.8 Å². The van der Waals surface area contributed by atoms with Crippen molar-refractivity contribution in [3.63, 3.8) is 0 Å². The molecule has 1 aliphatic carbocycles. The largest absolute Gasteiger partial charge is 0.488 e. The predicted molar refractivity (Wildman–Crippen MR) is 67.3 cm³/mol. The Morgan fingerprint density at radius 2 is 1.93 bits per heavy atom. The first-order valence-corrected chi connectivity index (χ1v) is 6.05. The molecule has 1 aromatic rings. The van der Waals surface area contributed by atoms with Crippen molar-refractivity contribution in [3.05, 3.63) is 17.9 Å². The number of hydrogen-bond donors (Lipinski definition) is 3. The third-order valence-corrected chi connectivity index (χ3v) is 3.77. The first kappa shape index (κ1) is 11.5. The fraction of sp³-hybridized carbons (Fsp3) is 0.400. The van der Waals surface area contributed by atoms with Crippen LogP contribution in [-0.2, 0) is 0 Å². The van der Waals surface area contributed by atoms with Gasteiger partial charge in [-0.1, -0.05) is 0 Å². The molecule has 0 aliphatic heterocycles. The van der Waals surface area contributed by atoms with Crippen molar-refractivity contribution in [2.75, 3.05) is 0 Å². The minimum absolute atomic E-state index is 0.109. The summed E-state index contributed by atoms with van der Waals surface area (Å²) in [6.45, 7) is 0. The van der Waals surface area contributed by atoms with Crippen molar-refractivity contribution < 1.29 is 9.13 Å². The number of hydrogen-bond acceptors (Lipinski definition) is 4. The molecule has 1 fully saturated rings. The van der Waals surface area contributed by atoms with Gasteiger partial charge >= 0.3 is 0 Å². The Morgan fingerprint density at radius 1 is 1.20 bits per heavy atom. The maximum atomic E-state index is 13.1. The Labute approximate surface area is 105 Å². The molecule has 0 amide bonds. The Balaban J connectivity index is 2.17. The fourth-order valence-electron chi connectivity index (χ4n) is 1.38. The van der Waals surface area contributed by atoms with E-state index in [9.17, 15) is 4.39 Å². The molecule has 1 saturated carbocycles. The van der Waals surface area contributed by atoms with Gasteiger partial charge in [0.25, 0.3) is 0 Å². The average Bonchev–Trinajstić information content (AvgIpc) is 2.19. The van der Waals surface area contributed by atoms with E-state index in [4.69, 9.17) is 4.74 Å². The summed E-state index contributed by atoms with van der Waals surface area (Å²) in [5.74, 6) is 0.195. The molecule has 2 unspecified atom stereocenters. The van der Waals surface area contributed by atoms with Gasteiger partial charge in [-0.05, 0) is 25.0 Å². The SMILES string of the molecule is Fc1cc(S)c(OC2CCC2S)cc1S. The highest BCUT2D eigenvalue weighted by atomic mass is 32.1. The van der Waals surface area contributed by atoms with Gasteiger partial charge in [0.15, 0.2) is 0 Å². The van der Waals surface area contributed by atoms with E-state index in [1.807, 2.05) is 0 Å². The van der Waals surface area contributed by atoms with Crippen molar-refractivity contribution in [2.45, 2.75) is 34.0 Å². The van der Waals surface area contributed by atoms with Crippen LogP contribution in [0.2, 0.25) is 0 Å². The third-order valence-electron chi connectivity index (χ3n) is 2.48. The monoisotopic (exact) mass is 262 g/mol. The summed E-state index contributed by atoms with van der Waals surface area (Å²) in [6, 6.07) is 2.87. The molecule has 0 heterocycles. The van der Waals surface area contributed by atoms with Crippen molar-refractivity contribution in [1.82, 2.24) is 0 Å². The van der Waals surface area contributed by atoms with Crippen LogP contribution in [0.25, 0.3) is 0 Å². The molecule has 0 bridgehead atoms. The van der Waals surface area contributed by atoms with Gasteiger partial charge in [-0.3, -0.25) is 0 Å². The lowest BCUT2D eigenvalue weighted by molar-refractivity contribution is 0.125. The van der Waals surface area contributed by atoms with E-state index < -0.39 is 0 Å². The zero-order chi connectivity index (χ0) is 11.0. The Kier molecular flexibility index (Phi) is 3.42. The molecule has 2 rings (SSSR count). The highest BCUT2D eigenvalue weighted by Crippen LogP contribution is 2.34. The second-order valence-electron chi connectivity index (χ2n) is 3.57. The van der Waals surface area contributed by atoms with Gasteiger partial charge in [0, 0.05) is 15.0 Å². The smallest absolute Gasteiger partial charge is 0.137 e. The van der Waals surface area contributed by atoms with Gasteiger partial charge in [-0.2, -0.15) is 12.6 Å². The van der Waals surface area contributed by atoms with Crippen LogP contribution >= 0.6 is 37.9 Å². The molecule has 0 saturated heterocycles. The molecule has 1 aliphatic rings. The third kappa shape index (κ3) is 2.40. The Bertz CT molecular complexity index is 383. The maximum absolute atomic E-state index is 13.1. The number of benzene rings is 1. The van der Waals surface area contributed by atoms with E-state index in [-0.39, 0.29) is 22.1 Å². The van der Waals surface area contributed by atoms with Crippen LogP contribution in [0.15, 0.2) is 21.9 Å². The Morgan fingerprint density at radius 3 is 2.47 bits per heavy atom. The Hall–Kier alpha value is -0.000000000000000111. The van der Waals surface area contributed by atoms with Crippen LogP contribution in [0.5, 0.6) is 5.75 Å². The van der Waals surface area contributed by atoms with E-state index in [0.29, 0.717) is 10.6 Å². The molecule has 0 N–H and O–H groups in total. The molecule has 5 heteroatoms. The second kappa shape index (κ2) is 4.47. The van der Waals surface area contributed by atoms with Crippen molar-refractivity contribution in [1.29, 1.82) is 0 Å². The topological polar surface area (TPSA) is 9.23 Å². The maximum Gasteiger partial charge on any atom is 0.137 e. The second-order valence-corrected chi connectivity index (χ2v) is 5.20. The summed E-state index contributed by atoms with van der Waals surface area (Å²) in [4.78, 5) is 0.774. The minimum Gasteiger partial charge on any atom is -0.488 e. The van der Waals surface area contributed by atoms with E-state index in [1.54, 1.807) is 6.07 Å². The highest BCUT2D eigenvalue weighted by Gasteiger charge is 2.30. The molecule has 0 spiro atoms. The van der Waals surface area contributed by atoms with Crippen LogP contribution in [0, 0.1) is 5.82 Å². The first-order chi connectivity index (χ1) is 7.08. The summed E-state index contributed by atoms with van der Waals surface area (Å²) in [7, 11) is 0. The van der Waals surface area contributed by atoms with Gasteiger partial charge < -0.3 is 4.74 Å². The summed E-state index contributed by atoms with van der Waals surface area (Å²) in [5, 5.41) is 0.270. The molecule has 0 radical (unpaired) electrons. The first-order valence-electron chi connectivity index (χ1n) is 4.64. The molecule has 1 aromatic carbocycles. The van der Waals surface area contributed by atoms with Gasteiger partial charge in [-0.15, -0.1) is 25.3 Å². The summed E-state index contributed by atoms with van der Waals surface area (Å²) in [6.07, 6.45) is 2.16. The van der Waals surface area contributed by atoms with Crippen molar-refractivity contribution in [2.24, 2.45) is 0 Å². The molecule has 0 aromatic heterocycles. The molecule has 15 heavy (non-hydrogen) atoms. The predicted octanol–water partition coefficient (Wildman–Crippen LogP) is 3.24. The molecular formula is C10H11FOS3. The average molecular weight is 262 g/mol. The van der Waals surface area contributed by atoms with Crippen LogP contribution in [0.1, 0.15) is 12.8 Å². The van der Waals surface area contributed by atoms with Gasteiger partial charge in [0.05, 0.1) is 0 Å². The molecular weight excluding hydrogens is 251 g/mol. The highest BCUT2D eigenvalue weighted by molar-refractivity contribution is 7.81. The lowest BCUT2D eigenvalue weighted by Crippen LogP contribution is -2.37. The summed E-state index contributed by atoms with van der Waals surface area (Å²) in [5.41, 5.74) is 0. The number of rotatable bonds is 2. The quantitative estimate of drug-likeness (QED) is 0.694. The van der Waals surface area contributed by atoms with Crippen LogP contribution in [-0.4, -0.2) is 11.4 Å². The summed E-state index contributed by atoms with van der Waals surface area (Å²) >= 11 is 12.5. The molecule has 2 atom stereocenters. The lowest BCUT2D eigenvalue weighted by Gasteiger charge is -2.33. The lowest BCUT2D eigenvalue weighted by atomic mass is 9.95. The van der Waals surface area contributed by atoms with E-state index >= 15 is 0 Å².